The largest absolute Gasteiger partial charge is 0.490 e. The molecule has 1 aliphatic rings. The lowest BCUT2D eigenvalue weighted by molar-refractivity contribution is -0.125. The molecule has 1 heterocycles. The van der Waals surface area contributed by atoms with Gasteiger partial charge in [-0.15, -0.1) is 0 Å². The van der Waals surface area contributed by atoms with E-state index in [9.17, 15) is 9.59 Å². The first-order valence-electron chi connectivity index (χ1n) is 10.1. The molecular weight excluding hydrogens is 364 g/mol. The summed E-state index contributed by atoms with van der Waals surface area (Å²) in [7, 11) is 1.68. The lowest BCUT2D eigenvalue weighted by Crippen LogP contribution is -2.49. The number of nitrogens with zero attached hydrogens (tertiary/aromatic N) is 1. The number of hydrogen-bond donors (Lipinski definition) is 1. The van der Waals surface area contributed by atoms with Gasteiger partial charge in [-0.25, -0.2) is 0 Å². The van der Waals surface area contributed by atoms with Crippen LogP contribution in [0, 0.1) is 0 Å². The first-order chi connectivity index (χ1) is 14.1. The number of nitrogens with one attached hydrogen (secondary N) is 1. The van der Waals surface area contributed by atoms with Gasteiger partial charge in [0.05, 0.1) is 11.7 Å². The van der Waals surface area contributed by atoms with Crippen LogP contribution in [0.25, 0.3) is 0 Å². The zero-order valence-corrected chi connectivity index (χ0v) is 17.0. The van der Waals surface area contributed by atoms with Gasteiger partial charge >= 0.3 is 0 Å². The number of fused-ring (bicyclic) bond motifs is 1. The second kappa shape index (κ2) is 9.92. The van der Waals surface area contributed by atoms with E-state index in [0.717, 1.165) is 18.4 Å². The Labute approximate surface area is 172 Å². The number of likely N-dealkylation sites (N-methyl/N-ethyl adjacent to an activating group) is 1. The quantitative estimate of drug-likeness (QED) is 0.795. The van der Waals surface area contributed by atoms with Gasteiger partial charge < -0.3 is 15.0 Å². The van der Waals surface area contributed by atoms with Crippen LogP contribution in [0.5, 0.6) is 5.75 Å². The normalized spacial score (nSPS) is 22.1. The van der Waals surface area contributed by atoms with Gasteiger partial charge in [-0.1, -0.05) is 54.6 Å². The van der Waals surface area contributed by atoms with E-state index in [2.05, 4.69) is 17.5 Å². The minimum atomic E-state index is -0.609. The highest BCUT2D eigenvalue weighted by atomic mass is 16.5. The average molecular weight is 392 g/mol. The van der Waals surface area contributed by atoms with E-state index < -0.39 is 6.04 Å². The molecule has 0 saturated heterocycles. The van der Waals surface area contributed by atoms with E-state index >= 15 is 0 Å². The highest BCUT2D eigenvalue weighted by Gasteiger charge is 2.29. The van der Waals surface area contributed by atoms with Crippen molar-refractivity contribution in [2.45, 2.75) is 38.3 Å². The Bertz CT molecular complexity index is 863. The molecule has 29 heavy (non-hydrogen) atoms. The predicted molar refractivity (Wildman–Crippen MR) is 114 cm³/mol. The number of carbonyl (C=O) groups is 2. The number of para-hydroxylation sites is 1. The number of benzene rings is 2. The van der Waals surface area contributed by atoms with Gasteiger partial charge in [-0.3, -0.25) is 9.59 Å². The summed E-state index contributed by atoms with van der Waals surface area (Å²) in [6, 6.07) is 16.4. The van der Waals surface area contributed by atoms with Crippen LogP contribution >= 0.6 is 0 Å². The summed E-state index contributed by atoms with van der Waals surface area (Å²) < 4.78 is 6.04. The second-order valence-electron chi connectivity index (χ2n) is 7.33. The molecule has 0 unspecified atom stereocenters. The van der Waals surface area contributed by atoms with Crippen molar-refractivity contribution in [2.24, 2.45) is 0 Å². The summed E-state index contributed by atoms with van der Waals surface area (Å²) in [5.41, 5.74) is 1.47. The number of rotatable bonds is 2. The zero-order valence-electron chi connectivity index (χ0n) is 17.0. The zero-order chi connectivity index (χ0) is 20.6. The molecule has 5 heteroatoms. The van der Waals surface area contributed by atoms with Crippen molar-refractivity contribution in [3.8, 4) is 5.75 Å². The van der Waals surface area contributed by atoms with E-state index in [0.29, 0.717) is 24.3 Å². The monoisotopic (exact) mass is 392 g/mol. The molecule has 2 aromatic carbocycles. The molecular formula is C24H28N2O3. The average Bonchev–Trinajstić information content (AvgIpc) is 2.74. The van der Waals surface area contributed by atoms with Crippen LogP contribution in [0.2, 0.25) is 0 Å². The van der Waals surface area contributed by atoms with E-state index in [1.807, 2.05) is 49.4 Å². The fourth-order valence-electron chi connectivity index (χ4n) is 3.39. The summed E-state index contributed by atoms with van der Waals surface area (Å²) >= 11 is 0. The highest BCUT2D eigenvalue weighted by Crippen LogP contribution is 2.23. The minimum absolute atomic E-state index is 0.0526. The third kappa shape index (κ3) is 5.47. The first-order valence-corrected chi connectivity index (χ1v) is 10.1. The number of hydrogen-bond acceptors (Lipinski definition) is 3. The van der Waals surface area contributed by atoms with E-state index in [1.165, 1.54) is 4.90 Å². The van der Waals surface area contributed by atoms with Gasteiger partial charge in [-0.2, -0.15) is 0 Å². The van der Waals surface area contributed by atoms with Gasteiger partial charge in [0.25, 0.3) is 5.91 Å². The Balaban J connectivity index is 1.94. The molecule has 0 aromatic heterocycles. The number of carbonyl (C=O) groups excluding carboxylic acids is 2. The second-order valence-corrected chi connectivity index (χ2v) is 7.33. The molecule has 2 atom stereocenters. The number of ether oxygens (including phenoxy) is 1. The van der Waals surface area contributed by atoms with Gasteiger partial charge in [0.1, 0.15) is 11.8 Å². The Morgan fingerprint density at radius 1 is 1.03 bits per heavy atom. The third-order valence-electron chi connectivity index (χ3n) is 5.05. The van der Waals surface area contributed by atoms with Crippen LogP contribution in [0.1, 0.15) is 35.7 Å². The van der Waals surface area contributed by atoms with Crippen molar-refractivity contribution in [1.29, 1.82) is 0 Å². The van der Waals surface area contributed by atoms with Crippen molar-refractivity contribution in [3.63, 3.8) is 0 Å². The highest BCUT2D eigenvalue weighted by molar-refractivity contribution is 5.99. The number of amides is 2. The van der Waals surface area contributed by atoms with Crippen LogP contribution in [-0.4, -0.2) is 42.5 Å². The van der Waals surface area contributed by atoms with E-state index in [-0.39, 0.29) is 17.9 Å². The lowest BCUT2D eigenvalue weighted by Gasteiger charge is -2.28. The molecule has 0 saturated carbocycles. The van der Waals surface area contributed by atoms with Crippen molar-refractivity contribution in [2.75, 3.05) is 13.6 Å². The fourth-order valence-corrected chi connectivity index (χ4v) is 3.39. The van der Waals surface area contributed by atoms with Crippen LogP contribution in [0.15, 0.2) is 66.7 Å². The molecule has 152 valence electrons. The molecule has 0 radical (unpaired) electrons. The van der Waals surface area contributed by atoms with Crippen LogP contribution < -0.4 is 10.1 Å². The Morgan fingerprint density at radius 2 is 1.76 bits per heavy atom. The predicted octanol–water partition coefficient (Wildman–Crippen LogP) is 3.60. The summed E-state index contributed by atoms with van der Waals surface area (Å²) in [6.45, 7) is 2.52. The maximum Gasteiger partial charge on any atom is 0.258 e. The van der Waals surface area contributed by atoms with Gasteiger partial charge in [0.2, 0.25) is 5.91 Å². The van der Waals surface area contributed by atoms with E-state index in [1.54, 1.807) is 19.2 Å². The molecule has 1 aliphatic heterocycles. The van der Waals surface area contributed by atoms with Crippen molar-refractivity contribution < 1.29 is 14.3 Å². The van der Waals surface area contributed by atoms with Crippen LogP contribution in [0.4, 0.5) is 0 Å². The summed E-state index contributed by atoms with van der Waals surface area (Å²) in [5, 5.41) is 2.98. The molecule has 1 N–H and O–H groups in total. The maximum atomic E-state index is 13.3. The molecule has 0 fully saturated rings. The lowest BCUT2D eigenvalue weighted by atomic mass is 10.0. The fraction of sp³-hybridized carbons (Fsp3) is 0.333. The summed E-state index contributed by atoms with van der Waals surface area (Å²) in [6.07, 6.45) is 5.99. The molecule has 2 aromatic rings. The van der Waals surface area contributed by atoms with E-state index in [4.69, 9.17) is 4.74 Å². The Kier molecular flexibility index (Phi) is 7.06. The molecule has 0 bridgehead atoms. The molecule has 5 nitrogen and oxygen atoms in total. The van der Waals surface area contributed by atoms with Crippen molar-refractivity contribution >= 4 is 11.8 Å². The SMILES string of the molecule is C[C@@H]1C/C=C\CCNC(=O)[C@H](Cc2ccccc2)N(C)C(=O)c2ccccc2O1. The first kappa shape index (κ1) is 20.6. The molecule has 0 spiro atoms. The maximum absolute atomic E-state index is 13.3. The Hall–Kier alpha value is -3.08. The minimum Gasteiger partial charge on any atom is -0.490 e. The molecule has 0 aliphatic carbocycles. The van der Waals surface area contributed by atoms with Crippen molar-refractivity contribution in [3.05, 3.63) is 77.9 Å². The smallest absolute Gasteiger partial charge is 0.258 e. The standard InChI is InChI=1S/C24H28N2O3/c1-18-11-5-4-10-16-25-23(27)21(17-19-12-6-3-7-13-19)26(2)24(28)20-14-8-9-15-22(20)29-18/h3-9,12-15,18,21H,10-11,16-17H2,1-2H3,(H,25,27)/b5-4-/t18-,21+/m1/s1. The summed E-state index contributed by atoms with van der Waals surface area (Å²) in [5.74, 6) is 0.166. The van der Waals surface area contributed by atoms with Gasteiger partial charge in [0.15, 0.2) is 0 Å². The van der Waals surface area contributed by atoms with Crippen molar-refractivity contribution in [1.82, 2.24) is 10.2 Å². The third-order valence-corrected chi connectivity index (χ3v) is 5.05. The molecule has 3 rings (SSSR count). The summed E-state index contributed by atoms with van der Waals surface area (Å²) in [4.78, 5) is 27.8. The van der Waals surface area contributed by atoms with Crippen LogP contribution in [-0.2, 0) is 11.2 Å². The van der Waals surface area contributed by atoms with Gasteiger partial charge in [-0.05, 0) is 31.0 Å². The Morgan fingerprint density at radius 3 is 2.55 bits per heavy atom. The molecule has 2 amide bonds. The van der Waals surface area contributed by atoms with Gasteiger partial charge in [0, 0.05) is 26.4 Å². The topological polar surface area (TPSA) is 58.6 Å². The van der Waals surface area contributed by atoms with Crippen LogP contribution in [0.3, 0.4) is 0 Å².